The van der Waals surface area contributed by atoms with E-state index in [0.717, 1.165) is 21.5 Å². The summed E-state index contributed by atoms with van der Waals surface area (Å²) in [5.74, 6) is 0.565. The summed E-state index contributed by atoms with van der Waals surface area (Å²) in [5.41, 5.74) is 1.79. The lowest BCUT2D eigenvalue weighted by Crippen LogP contribution is -2.27. The lowest BCUT2D eigenvalue weighted by molar-refractivity contribution is -0.113. The van der Waals surface area contributed by atoms with Crippen LogP contribution in [0.15, 0.2) is 64.5 Å². The highest BCUT2D eigenvalue weighted by Crippen LogP contribution is 2.34. The smallest absolute Gasteiger partial charge is 0.270 e. The van der Waals surface area contributed by atoms with Crippen molar-refractivity contribution in [2.45, 2.75) is 6.61 Å². The summed E-state index contributed by atoms with van der Waals surface area (Å²) < 4.78 is 7.29. The standard InChI is InChI=1S/C17H12BrNO2S2/c1-11-16(20)19(17(22)23-11)13-6-8-14(9-7-13)21-10-12-4-2-3-5-15(12)18/h2-9H,1,10H2. The number of nitrogens with zero attached hydrogens (tertiary/aromatic N) is 1. The van der Waals surface area contributed by atoms with Crippen molar-refractivity contribution in [1.29, 1.82) is 0 Å². The minimum atomic E-state index is -0.165. The summed E-state index contributed by atoms with van der Waals surface area (Å²) in [6.07, 6.45) is 0. The van der Waals surface area contributed by atoms with Gasteiger partial charge in [-0.25, -0.2) is 0 Å². The number of halogens is 1. The Morgan fingerprint density at radius 2 is 1.87 bits per heavy atom. The van der Waals surface area contributed by atoms with Gasteiger partial charge in [-0.1, -0.05) is 64.7 Å². The molecule has 0 aliphatic carbocycles. The van der Waals surface area contributed by atoms with Crippen molar-refractivity contribution in [3.8, 4) is 5.75 Å². The van der Waals surface area contributed by atoms with Gasteiger partial charge < -0.3 is 4.74 Å². The third kappa shape index (κ3) is 3.49. The molecule has 1 amide bonds. The molecule has 0 unspecified atom stereocenters. The summed E-state index contributed by atoms with van der Waals surface area (Å²) >= 11 is 9.93. The highest BCUT2D eigenvalue weighted by Gasteiger charge is 2.31. The van der Waals surface area contributed by atoms with Crippen molar-refractivity contribution in [2.75, 3.05) is 4.90 Å². The number of ether oxygens (including phenoxy) is 1. The minimum Gasteiger partial charge on any atom is -0.489 e. The van der Waals surface area contributed by atoms with Gasteiger partial charge in [-0.2, -0.15) is 0 Å². The predicted octanol–water partition coefficient (Wildman–Crippen LogP) is 4.91. The quantitative estimate of drug-likeness (QED) is 0.533. The van der Waals surface area contributed by atoms with Crippen molar-refractivity contribution < 1.29 is 9.53 Å². The van der Waals surface area contributed by atoms with E-state index in [9.17, 15) is 4.79 Å². The van der Waals surface area contributed by atoms with Crippen LogP contribution in [0, 0.1) is 0 Å². The summed E-state index contributed by atoms with van der Waals surface area (Å²) in [6, 6.07) is 15.2. The maximum absolute atomic E-state index is 12.0. The molecule has 1 heterocycles. The fourth-order valence-electron chi connectivity index (χ4n) is 2.09. The molecule has 6 heteroatoms. The molecule has 2 aromatic rings. The monoisotopic (exact) mass is 405 g/mol. The largest absolute Gasteiger partial charge is 0.489 e. The summed E-state index contributed by atoms with van der Waals surface area (Å²) in [7, 11) is 0. The van der Waals surface area contributed by atoms with Gasteiger partial charge in [0.1, 0.15) is 12.4 Å². The van der Waals surface area contributed by atoms with E-state index in [1.54, 1.807) is 0 Å². The van der Waals surface area contributed by atoms with Gasteiger partial charge in [0.15, 0.2) is 4.32 Å². The fraction of sp³-hybridized carbons (Fsp3) is 0.0588. The van der Waals surface area contributed by atoms with E-state index in [1.165, 1.54) is 16.7 Å². The normalized spacial score (nSPS) is 14.5. The Morgan fingerprint density at radius 1 is 1.17 bits per heavy atom. The second-order valence-corrected chi connectivity index (χ2v) is 7.39. The number of anilines is 1. The highest BCUT2D eigenvalue weighted by molar-refractivity contribution is 9.10. The SMILES string of the molecule is C=C1SC(=S)N(c2ccc(OCc3ccccc3Br)cc2)C1=O. The molecule has 0 atom stereocenters. The van der Waals surface area contributed by atoms with E-state index >= 15 is 0 Å². The summed E-state index contributed by atoms with van der Waals surface area (Å²) in [6.45, 7) is 4.17. The maximum atomic E-state index is 12.0. The van der Waals surface area contributed by atoms with Gasteiger partial charge in [0, 0.05) is 10.0 Å². The van der Waals surface area contributed by atoms with E-state index in [-0.39, 0.29) is 5.91 Å². The first-order valence-electron chi connectivity index (χ1n) is 6.77. The van der Waals surface area contributed by atoms with Crippen molar-refractivity contribution in [3.05, 3.63) is 70.1 Å². The number of carbonyl (C=O) groups excluding carboxylic acids is 1. The van der Waals surface area contributed by atoms with Gasteiger partial charge in [-0.05, 0) is 30.3 Å². The van der Waals surface area contributed by atoms with E-state index in [0.29, 0.717) is 15.8 Å². The first-order chi connectivity index (χ1) is 11.1. The van der Waals surface area contributed by atoms with E-state index in [1.807, 2.05) is 48.5 Å². The van der Waals surface area contributed by atoms with Gasteiger partial charge in [0.2, 0.25) is 0 Å². The molecule has 2 aromatic carbocycles. The number of carbonyl (C=O) groups is 1. The number of benzene rings is 2. The molecule has 1 fully saturated rings. The van der Waals surface area contributed by atoms with E-state index in [2.05, 4.69) is 22.5 Å². The summed E-state index contributed by atoms with van der Waals surface area (Å²) in [4.78, 5) is 14.0. The number of rotatable bonds is 4. The molecule has 116 valence electrons. The molecular formula is C17H12BrNO2S2. The Balaban J connectivity index is 1.70. The van der Waals surface area contributed by atoms with Gasteiger partial charge in [0.25, 0.3) is 5.91 Å². The van der Waals surface area contributed by atoms with Crippen molar-refractivity contribution in [1.82, 2.24) is 0 Å². The molecule has 3 nitrogen and oxygen atoms in total. The highest BCUT2D eigenvalue weighted by atomic mass is 79.9. The van der Waals surface area contributed by atoms with Crippen molar-refractivity contribution in [3.63, 3.8) is 0 Å². The molecule has 0 spiro atoms. The van der Waals surface area contributed by atoms with Crippen LogP contribution in [0.2, 0.25) is 0 Å². The average molecular weight is 406 g/mol. The third-order valence-corrected chi connectivity index (χ3v) is 5.27. The zero-order valence-corrected chi connectivity index (χ0v) is 15.2. The molecule has 0 bridgehead atoms. The number of hydrogen-bond donors (Lipinski definition) is 0. The molecule has 1 aliphatic heterocycles. The fourth-order valence-corrected chi connectivity index (χ4v) is 3.65. The van der Waals surface area contributed by atoms with Gasteiger partial charge in [-0.3, -0.25) is 9.69 Å². The predicted molar refractivity (Wildman–Crippen MR) is 102 cm³/mol. The van der Waals surface area contributed by atoms with Crippen LogP contribution in [0.5, 0.6) is 5.75 Å². The average Bonchev–Trinajstić information content (AvgIpc) is 2.80. The maximum Gasteiger partial charge on any atom is 0.270 e. The Bertz CT molecular complexity index is 789. The zero-order valence-electron chi connectivity index (χ0n) is 12.0. The first-order valence-corrected chi connectivity index (χ1v) is 8.79. The molecule has 3 rings (SSSR count). The van der Waals surface area contributed by atoms with E-state index in [4.69, 9.17) is 17.0 Å². The number of amides is 1. The van der Waals surface area contributed by atoms with Crippen LogP contribution in [0.1, 0.15) is 5.56 Å². The van der Waals surface area contributed by atoms with Crippen LogP contribution in [0.3, 0.4) is 0 Å². The molecule has 0 radical (unpaired) electrons. The number of thioether (sulfide) groups is 1. The Kier molecular flexibility index (Phi) is 4.84. The molecular weight excluding hydrogens is 394 g/mol. The summed E-state index contributed by atoms with van der Waals surface area (Å²) in [5, 5.41) is 0. The number of hydrogen-bond acceptors (Lipinski definition) is 4. The minimum absolute atomic E-state index is 0.165. The molecule has 0 saturated carbocycles. The lowest BCUT2D eigenvalue weighted by Gasteiger charge is -2.15. The lowest BCUT2D eigenvalue weighted by atomic mass is 10.2. The molecule has 0 N–H and O–H groups in total. The van der Waals surface area contributed by atoms with Crippen LogP contribution in [0.25, 0.3) is 0 Å². The first kappa shape index (κ1) is 16.2. The topological polar surface area (TPSA) is 29.5 Å². The van der Waals surface area contributed by atoms with Crippen molar-refractivity contribution in [2.24, 2.45) is 0 Å². The third-order valence-electron chi connectivity index (χ3n) is 3.28. The van der Waals surface area contributed by atoms with E-state index < -0.39 is 0 Å². The van der Waals surface area contributed by atoms with Crippen LogP contribution < -0.4 is 9.64 Å². The van der Waals surface area contributed by atoms with Gasteiger partial charge in [-0.15, -0.1) is 0 Å². The molecule has 1 saturated heterocycles. The second kappa shape index (κ2) is 6.86. The molecule has 0 aromatic heterocycles. The van der Waals surface area contributed by atoms with Gasteiger partial charge >= 0.3 is 0 Å². The molecule has 23 heavy (non-hydrogen) atoms. The second-order valence-electron chi connectivity index (χ2n) is 4.81. The van der Waals surface area contributed by atoms with Crippen molar-refractivity contribution >= 4 is 55.8 Å². The Labute approximate surface area is 152 Å². The Morgan fingerprint density at radius 3 is 2.48 bits per heavy atom. The van der Waals surface area contributed by atoms with Crippen LogP contribution in [-0.2, 0) is 11.4 Å². The number of thiocarbonyl (C=S) groups is 1. The van der Waals surface area contributed by atoms with Crippen LogP contribution >= 0.6 is 39.9 Å². The van der Waals surface area contributed by atoms with Crippen LogP contribution in [-0.4, -0.2) is 10.2 Å². The van der Waals surface area contributed by atoms with Gasteiger partial charge in [0.05, 0.1) is 10.6 Å². The van der Waals surface area contributed by atoms with Crippen LogP contribution in [0.4, 0.5) is 5.69 Å². The Hall–Kier alpha value is -1.63. The zero-order chi connectivity index (χ0) is 16.4. The molecule has 1 aliphatic rings.